The lowest BCUT2D eigenvalue weighted by Gasteiger charge is -2.37. The standard InChI is InChI=1S/C19H31N5O/c1-3-9-23(10-4-1)18-7-8-20-19(21-18)24-13-11-22(12-14-24)16-17-6-2-5-15-25-17/h7-8,17H,1-6,9-16H2. The molecule has 0 radical (unpaired) electrons. The molecule has 0 saturated carbocycles. The molecule has 3 aliphatic heterocycles. The van der Waals surface area contributed by atoms with Crippen LogP contribution in [0.15, 0.2) is 12.3 Å². The predicted molar refractivity (Wildman–Crippen MR) is 100 cm³/mol. The van der Waals surface area contributed by atoms with E-state index in [9.17, 15) is 0 Å². The summed E-state index contributed by atoms with van der Waals surface area (Å²) in [6, 6.07) is 2.06. The molecule has 1 atom stereocenters. The van der Waals surface area contributed by atoms with Crippen LogP contribution in [0.2, 0.25) is 0 Å². The first kappa shape index (κ1) is 17.0. The highest BCUT2D eigenvalue weighted by Crippen LogP contribution is 2.21. The van der Waals surface area contributed by atoms with Gasteiger partial charge < -0.3 is 14.5 Å². The zero-order chi connectivity index (χ0) is 16.9. The fourth-order valence-electron chi connectivity index (χ4n) is 4.16. The molecule has 0 amide bonds. The summed E-state index contributed by atoms with van der Waals surface area (Å²) in [5.74, 6) is 2.00. The van der Waals surface area contributed by atoms with Crippen LogP contribution in [0.4, 0.5) is 11.8 Å². The van der Waals surface area contributed by atoms with E-state index in [0.29, 0.717) is 6.10 Å². The molecule has 138 valence electrons. The van der Waals surface area contributed by atoms with Crippen molar-refractivity contribution in [3.63, 3.8) is 0 Å². The number of hydrogen-bond acceptors (Lipinski definition) is 6. The molecule has 0 spiro atoms. The number of hydrogen-bond donors (Lipinski definition) is 0. The first-order valence-electron chi connectivity index (χ1n) is 10.1. The number of ether oxygens (including phenoxy) is 1. The normalized spacial score (nSPS) is 26.0. The van der Waals surface area contributed by atoms with Crippen molar-refractivity contribution >= 4 is 11.8 Å². The van der Waals surface area contributed by atoms with Crippen LogP contribution in [-0.4, -0.2) is 73.4 Å². The largest absolute Gasteiger partial charge is 0.377 e. The van der Waals surface area contributed by atoms with Crippen LogP contribution < -0.4 is 9.80 Å². The molecule has 3 aliphatic rings. The van der Waals surface area contributed by atoms with Gasteiger partial charge in [0.2, 0.25) is 5.95 Å². The summed E-state index contributed by atoms with van der Waals surface area (Å²) in [5, 5.41) is 0. The van der Waals surface area contributed by atoms with Crippen LogP contribution in [-0.2, 0) is 4.74 Å². The van der Waals surface area contributed by atoms with E-state index >= 15 is 0 Å². The Kier molecular flexibility index (Phi) is 5.67. The van der Waals surface area contributed by atoms with E-state index in [-0.39, 0.29) is 0 Å². The van der Waals surface area contributed by atoms with Crippen molar-refractivity contribution in [3.05, 3.63) is 12.3 Å². The molecule has 3 saturated heterocycles. The van der Waals surface area contributed by atoms with Gasteiger partial charge in [-0.3, -0.25) is 4.90 Å². The molecule has 4 heterocycles. The molecule has 0 aromatic carbocycles. The van der Waals surface area contributed by atoms with E-state index in [2.05, 4.69) is 25.8 Å². The van der Waals surface area contributed by atoms with Crippen LogP contribution in [0.1, 0.15) is 38.5 Å². The lowest BCUT2D eigenvalue weighted by molar-refractivity contribution is -0.00648. The minimum Gasteiger partial charge on any atom is -0.377 e. The van der Waals surface area contributed by atoms with E-state index in [1.807, 2.05) is 6.20 Å². The van der Waals surface area contributed by atoms with Gasteiger partial charge in [0, 0.05) is 58.6 Å². The van der Waals surface area contributed by atoms with E-state index in [1.54, 1.807) is 0 Å². The second kappa shape index (κ2) is 8.32. The minimum atomic E-state index is 0.443. The smallest absolute Gasteiger partial charge is 0.227 e. The number of piperidine rings is 1. The average Bonchev–Trinajstić information content (AvgIpc) is 2.70. The molecule has 4 rings (SSSR count). The van der Waals surface area contributed by atoms with Crippen LogP contribution in [0.3, 0.4) is 0 Å². The number of piperazine rings is 1. The highest BCUT2D eigenvalue weighted by Gasteiger charge is 2.23. The first-order valence-corrected chi connectivity index (χ1v) is 10.1. The highest BCUT2D eigenvalue weighted by atomic mass is 16.5. The molecule has 1 aromatic rings. The molecule has 1 unspecified atom stereocenters. The molecule has 25 heavy (non-hydrogen) atoms. The van der Waals surface area contributed by atoms with Crippen molar-refractivity contribution in [3.8, 4) is 0 Å². The quantitative estimate of drug-likeness (QED) is 0.833. The van der Waals surface area contributed by atoms with Gasteiger partial charge in [0.1, 0.15) is 5.82 Å². The van der Waals surface area contributed by atoms with Gasteiger partial charge in [-0.05, 0) is 44.6 Å². The molecule has 3 fully saturated rings. The fourth-order valence-corrected chi connectivity index (χ4v) is 4.16. The summed E-state index contributed by atoms with van der Waals surface area (Å²) in [5.41, 5.74) is 0. The van der Waals surface area contributed by atoms with Gasteiger partial charge in [-0.25, -0.2) is 4.98 Å². The molecule has 0 aliphatic carbocycles. The van der Waals surface area contributed by atoms with Gasteiger partial charge >= 0.3 is 0 Å². The van der Waals surface area contributed by atoms with Gasteiger partial charge in [-0.15, -0.1) is 0 Å². The summed E-state index contributed by atoms with van der Waals surface area (Å²) < 4.78 is 5.89. The number of rotatable bonds is 4. The lowest BCUT2D eigenvalue weighted by atomic mass is 10.1. The van der Waals surface area contributed by atoms with E-state index < -0.39 is 0 Å². The Bertz CT molecular complexity index is 534. The number of anilines is 2. The van der Waals surface area contributed by atoms with Crippen molar-refractivity contribution in [2.24, 2.45) is 0 Å². The maximum Gasteiger partial charge on any atom is 0.227 e. The summed E-state index contributed by atoms with van der Waals surface area (Å²) in [7, 11) is 0. The summed E-state index contributed by atoms with van der Waals surface area (Å²) in [6.07, 6.45) is 10.1. The maximum atomic E-state index is 5.89. The summed E-state index contributed by atoms with van der Waals surface area (Å²) in [6.45, 7) is 8.47. The van der Waals surface area contributed by atoms with Crippen LogP contribution in [0.5, 0.6) is 0 Å². The third-order valence-electron chi connectivity index (χ3n) is 5.70. The third kappa shape index (κ3) is 4.42. The molecule has 0 bridgehead atoms. The number of aromatic nitrogens is 2. The van der Waals surface area contributed by atoms with Gasteiger partial charge in [0.25, 0.3) is 0 Å². The molecular weight excluding hydrogens is 314 g/mol. The van der Waals surface area contributed by atoms with E-state index in [4.69, 9.17) is 9.72 Å². The van der Waals surface area contributed by atoms with E-state index in [1.165, 1.54) is 38.5 Å². The zero-order valence-corrected chi connectivity index (χ0v) is 15.3. The summed E-state index contributed by atoms with van der Waals surface area (Å²) in [4.78, 5) is 16.7. The average molecular weight is 345 g/mol. The maximum absolute atomic E-state index is 5.89. The SMILES string of the molecule is c1cc(N2CCCCC2)nc(N2CCN(CC3CCCCO3)CC2)n1. The van der Waals surface area contributed by atoms with Crippen molar-refractivity contribution in [2.45, 2.75) is 44.6 Å². The Hall–Kier alpha value is -1.40. The van der Waals surface area contributed by atoms with Gasteiger partial charge in [0.05, 0.1) is 6.10 Å². The van der Waals surface area contributed by atoms with Crippen molar-refractivity contribution in [1.29, 1.82) is 0 Å². The Balaban J connectivity index is 1.31. The minimum absolute atomic E-state index is 0.443. The first-order chi connectivity index (χ1) is 12.4. The Morgan fingerprint density at radius 1 is 0.920 bits per heavy atom. The summed E-state index contributed by atoms with van der Waals surface area (Å²) >= 11 is 0. The van der Waals surface area contributed by atoms with Crippen molar-refractivity contribution in [2.75, 3.05) is 62.2 Å². The van der Waals surface area contributed by atoms with E-state index in [0.717, 1.165) is 64.2 Å². The topological polar surface area (TPSA) is 44.7 Å². The van der Waals surface area contributed by atoms with Gasteiger partial charge in [-0.1, -0.05) is 0 Å². The second-order valence-corrected chi connectivity index (χ2v) is 7.54. The molecule has 1 aromatic heterocycles. The predicted octanol–water partition coefficient (Wildman–Crippen LogP) is 2.16. The Labute approximate surface area is 151 Å². The molecule has 0 N–H and O–H groups in total. The number of nitrogens with zero attached hydrogens (tertiary/aromatic N) is 5. The lowest BCUT2D eigenvalue weighted by Crippen LogP contribution is -2.49. The van der Waals surface area contributed by atoms with Crippen LogP contribution in [0.25, 0.3) is 0 Å². The third-order valence-corrected chi connectivity index (χ3v) is 5.70. The molecular formula is C19H31N5O. The molecule has 6 heteroatoms. The second-order valence-electron chi connectivity index (χ2n) is 7.54. The highest BCUT2D eigenvalue weighted by molar-refractivity contribution is 5.44. The Morgan fingerprint density at radius 3 is 2.52 bits per heavy atom. The van der Waals surface area contributed by atoms with Gasteiger partial charge in [0.15, 0.2) is 0 Å². The fraction of sp³-hybridized carbons (Fsp3) is 0.789. The monoisotopic (exact) mass is 345 g/mol. The zero-order valence-electron chi connectivity index (χ0n) is 15.3. The Morgan fingerprint density at radius 2 is 1.76 bits per heavy atom. The van der Waals surface area contributed by atoms with Crippen molar-refractivity contribution in [1.82, 2.24) is 14.9 Å². The van der Waals surface area contributed by atoms with Gasteiger partial charge in [-0.2, -0.15) is 4.98 Å². The van der Waals surface area contributed by atoms with Crippen LogP contribution in [0, 0.1) is 0 Å². The van der Waals surface area contributed by atoms with Crippen LogP contribution >= 0.6 is 0 Å². The molecule has 6 nitrogen and oxygen atoms in total. The van der Waals surface area contributed by atoms with Crippen molar-refractivity contribution < 1.29 is 4.74 Å².